The van der Waals surface area contributed by atoms with E-state index in [0.717, 1.165) is 28.4 Å². The average molecular weight is 288 g/mol. The summed E-state index contributed by atoms with van der Waals surface area (Å²) in [6.45, 7) is 0. The number of nitrogens with one attached hydrogen (secondary N) is 1. The first-order valence-electron chi connectivity index (χ1n) is 6.61. The van der Waals surface area contributed by atoms with Crippen LogP contribution in [0.5, 0.6) is 17.2 Å². The van der Waals surface area contributed by atoms with Gasteiger partial charge in [-0.25, -0.2) is 0 Å². The summed E-state index contributed by atoms with van der Waals surface area (Å²) in [5.41, 5.74) is 2.04. The molecule has 0 bridgehead atoms. The van der Waals surface area contributed by atoms with Crippen LogP contribution in [-0.2, 0) is 0 Å². The zero-order chi connectivity index (χ0) is 15.2. The normalized spacial score (nSPS) is 11.8. The van der Waals surface area contributed by atoms with Crippen LogP contribution in [0, 0.1) is 0 Å². The van der Waals surface area contributed by atoms with Crippen molar-refractivity contribution < 1.29 is 14.2 Å². The second-order valence-electron chi connectivity index (χ2n) is 4.53. The maximum Gasteiger partial charge on any atom is 0.137 e. The minimum atomic E-state index is -0.0309. The Labute approximate surface area is 124 Å². The van der Waals surface area contributed by atoms with Gasteiger partial charge in [0, 0.05) is 12.3 Å². The molecule has 5 nitrogen and oxygen atoms in total. The van der Waals surface area contributed by atoms with Crippen molar-refractivity contribution in [2.24, 2.45) is 0 Å². The highest BCUT2D eigenvalue weighted by Crippen LogP contribution is 2.30. The van der Waals surface area contributed by atoms with Crippen LogP contribution < -0.4 is 19.5 Å². The summed E-state index contributed by atoms with van der Waals surface area (Å²) in [5, 5.41) is 3.28. The quantitative estimate of drug-likeness (QED) is 0.884. The Morgan fingerprint density at radius 1 is 0.810 bits per heavy atom. The molecule has 2 aromatic rings. The fourth-order valence-corrected chi connectivity index (χ4v) is 2.23. The number of hydrogen-bond donors (Lipinski definition) is 1. The largest absolute Gasteiger partial charge is 0.497 e. The first-order chi connectivity index (χ1) is 10.2. The van der Waals surface area contributed by atoms with Gasteiger partial charge in [0.05, 0.1) is 33.6 Å². The lowest BCUT2D eigenvalue weighted by Gasteiger charge is -2.19. The minimum absolute atomic E-state index is 0.0309. The van der Waals surface area contributed by atoms with E-state index in [4.69, 9.17) is 14.2 Å². The first kappa shape index (κ1) is 15.1. The lowest BCUT2D eigenvalue weighted by atomic mass is 9.99. The number of hydrogen-bond acceptors (Lipinski definition) is 5. The summed E-state index contributed by atoms with van der Waals surface area (Å²) in [6.07, 6.45) is 3.50. The zero-order valence-corrected chi connectivity index (χ0v) is 12.7. The molecule has 1 heterocycles. The Hall–Kier alpha value is -2.27. The van der Waals surface area contributed by atoms with Gasteiger partial charge in [-0.05, 0) is 36.4 Å². The van der Waals surface area contributed by atoms with Crippen molar-refractivity contribution in [3.8, 4) is 17.2 Å². The number of rotatable bonds is 6. The van der Waals surface area contributed by atoms with E-state index in [1.165, 1.54) is 0 Å². The van der Waals surface area contributed by atoms with Crippen LogP contribution in [-0.4, -0.2) is 33.4 Å². The number of aromatic nitrogens is 1. The monoisotopic (exact) mass is 288 g/mol. The van der Waals surface area contributed by atoms with E-state index in [2.05, 4.69) is 10.3 Å². The molecule has 5 heteroatoms. The van der Waals surface area contributed by atoms with Crippen molar-refractivity contribution in [1.29, 1.82) is 0 Å². The standard InChI is InChI=1S/C16H20N2O3/c1-17-16(12-7-15(21-4)10-18-9-12)11-5-13(19-2)8-14(6-11)20-3/h5-10,16-17H,1-4H3. The molecular weight excluding hydrogens is 268 g/mol. The Kier molecular flexibility index (Phi) is 5.00. The summed E-state index contributed by atoms with van der Waals surface area (Å²) in [5.74, 6) is 2.23. The summed E-state index contributed by atoms with van der Waals surface area (Å²) in [7, 11) is 6.81. The lowest BCUT2D eigenvalue weighted by molar-refractivity contribution is 0.392. The van der Waals surface area contributed by atoms with Crippen molar-refractivity contribution >= 4 is 0 Å². The number of pyridine rings is 1. The Balaban J connectivity index is 2.44. The van der Waals surface area contributed by atoms with Gasteiger partial charge in [-0.3, -0.25) is 4.98 Å². The fourth-order valence-electron chi connectivity index (χ4n) is 2.23. The third-order valence-electron chi connectivity index (χ3n) is 3.30. The van der Waals surface area contributed by atoms with Crippen molar-refractivity contribution in [1.82, 2.24) is 10.3 Å². The maximum absolute atomic E-state index is 5.32. The van der Waals surface area contributed by atoms with Crippen LogP contribution in [0.4, 0.5) is 0 Å². The van der Waals surface area contributed by atoms with Crippen molar-refractivity contribution in [2.45, 2.75) is 6.04 Å². The smallest absolute Gasteiger partial charge is 0.137 e. The molecule has 0 radical (unpaired) electrons. The van der Waals surface area contributed by atoms with Crippen LogP contribution in [0.15, 0.2) is 36.7 Å². The zero-order valence-electron chi connectivity index (χ0n) is 12.7. The van der Waals surface area contributed by atoms with Crippen LogP contribution in [0.2, 0.25) is 0 Å². The lowest BCUT2D eigenvalue weighted by Crippen LogP contribution is -2.18. The van der Waals surface area contributed by atoms with Gasteiger partial charge in [0.2, 0.25) is 0 Å². The van der Waals surface area contributed by atoms with Crippen LogP contribution in [0.1, 0.15) is 17.2 Å². The number of nitrogens with zero attached hydrogens (tertiary/aromatic N) is 1. The second-order valence-corrected chi connectivity index (χ2v) is 4.53. The molecule has 1 unspecified atom stereocenters. The van der Waals surface area contributed by atoms with Gasteiger partial charge in [0.25, 0.3) is 0 Å². The van der Waals surface area contributed by atoms with E-state index in [1.54, 1.807) is 27.5 Å². The van der Waals surface area contributed by atoms with E-state index in [9.17, 15) is 0 Å². The average Bonchev–Trinajstić information content (AvgIpc) is 2.55. The van der Waals surface area contributed by atoms with Crippen LogP contribution >= 0.6 is 0 Å². The molecule has 112 valence electrons. The summed E-state index contributed by atoms with van der Waals surface area (Å²) in [4.78, 5) is 4.21. The molecule has 0 aliphatic rings. The van der Waals surface area contributed by atoms with E-state index in [1.807, 2.05) is 37.5 Å². The molecule has 0 amide bonds. The van der Waals surface area contributed by atoms with Gasteiger partial charge >= 0.3 is 0 Å². The molecule has 21 heavy (non-hydrogen) atoms. The van der Waals surface area contributed by atoms with Crippen LogP contribution in [0.3, 0.4) is 0 Å². The van der Waals surface area contributed by atoms with Crippen molar-refractivity contribution in [2.75, 3.05) is 28.4 Å². The molecule has 1 N–H and O–H groups in total. The summed E-state index contributed by atoms with van der Waals surface area (Å²) >= 11 is 0. The molecule has 0 aliphatic carbocycles. The molecule has 1 aromatic heterocycles. The van der Waals surface area contributed by atoms with E-state index in [0.29, 0.717) is 0 Å². The molecule has 1 atom stereocenters. The minimum Gasteiger partial charge on any atom is -0.497 e. The third-order valence-corrected chi connectivity index (χ3v) is 3.30. The number of methoxy groups -OCH3 is 3. The van der Waals surface area contributed by atoms with Gasteiger partial charge in [0.15, 0.2) is 0 Å². The molecule has 0 spiro atoms. The molecular formula is C16H20N2O3. The Morgan fingerprint density at radius 3 is 1.90 bits per heavy atom. The van der Waals surface area contributed by atoms with Crippen molar-refractivity contribution in [3.63, 3.8) is 0 Å². The van der Waals surface area contributed by atoms with Crippen molar-refractivity contribution in [3.05, 3.63) is 47.8 Å². The van der Waals surface area contributed by atoms with E-state index >= 15 is 0 Å². The third kappa shape index (κ3) is 3.44. The molecule has 0 saturated heterocycles. The predicted molar refractivity (Wildman–Crippen MR) is 81.2 cm³/mol. The molecule has 0 saturated carbocycles. The highest BCUT2D eigenvalue weighted by atomic mass is 16.5. The molecule has 0 fully saturated rings. The Morgan fingerprint density at radius 2 is 1.38 bits per heavy atom. The fraction of sp³-hybridized carbons (Fsp3) is 0.312. The predicted octanol–water partition coefficient (Wildman–Crippen LogP) is 2.42. The van der Waals surface area contributed by atoms with Gasteiger partial charge in [-0.2, -0.15) is 0 Å². The van der Waals surface area contributed by atoms with Gasteiger partial charge in [0.1, 0.15) is 17.2 Å². The van der Waals surface area contributed by atoms with Crippen LogP contribution in [0.25, 0.3) is 0 Å². The number of benzene rings is 1. The van der Waals surface area contributed by atoms with Gasteiger partial charge in [-0.1, -0.05) is 0 Å². The Bertz CT molecular complexity index is 580. The van der Waals surface area contributed by atoms with Gasteiger partial charge in [-0.15, -0.1) is 0 Å². The highest BCUT2D eigenvalue weighted by molar-refractivity contribution is 5.43. The first-order valence-corrected chi connectivity index (χ1v) is 6.61. The number of ether oxygens (including phenoxy) is 3. The van der Waals surface area contributed by atoms with E-state index < -0.39 is 0 Å². The SMILES string of the molecule is CNC(c1cncc(OC)c1)c1cc(OC)cc(OC)c1. The molecule has 2 rings (SSSR count). The highest BCUT2D eigenvalue weighted by Gasteiger charge is 2.15. The summed E-state index contributed by atoms with van der Waals surface area (Å²) < 4.78 is 15.9. The topological polar surface area (TPSA) is 52.6 Å². The molecule has 0 aliphatic heterocycles. The van der Waals surface area contributed by atoms with Gasteiger partial charge < -0.3 is 19.5 Å². The molecule has 1 aromatic carbocycles. The summed E-state index contributed by atoms with van der Waals surface area (Å²) in [6, 6.07) is 7.73. The second kappa shape index (κ2) is 6.95. The van der Waals surface area contributed by atoms with E-state index in [-0.39, 0.29) is 6.04 Å². The maximum atomic E-state index is 5.32.